The van der Waals surface area contributed by atoms with Gasteiger partial charge in [0.05, 0.1) is 5.69 Å². The molecule has 2 amide bonds. The Morgan fingerprint density at radius 3 is 2.24 bits per heavy atom. The molecule has 2 aromatic rings. The SMILES string of the molecule is CC(C)c1cc(F)cc(C(C)C)c1NC(=O)NS(=O)(=O)c1cc(CN(C)C2CC2)n(C)n1.[H-].[Na+]. The third-order valence-corrected chi connectivity index (χ3v) is 6.89. The number of aromatic nitrogens is 2. The fourth-order valence-corrected chi connectivity index (χ4v) is 4.60. The maximum atomic E-state index is 14.1. The number of benzene rings is 1. The van der Waals surface area contributed by atoms with E-state index < -0.39 is 21.9 Å². The van der Waals surface area contributed by atoms with Crippen LogP contribution < -0.4 is 39.6 Å². The summed E-state index contributed by atoms with van der Waals surface area (Å²) in [7, 11) is -0.513. The number of sulfonamides is 1. The molecule has 178 valence electrons. The summed E-state index contributed by atoms with van der Waals surface area (Å²) in [4.78, 5) is 14.8. The molecule has 0 bridgehead atoms. The number of carbonyl (C=O) groups excluding carboxylic acids is 1. The molecular formula is C22H33FN5NaO3S. The summed E-state index contributed by atoms with van der Waals surface area (Å²) >= 11 is 0. The molecule has 1 heterocycles. The first-order valence-electron chi connectivity index (χ1n) is 10.8. The fraction of sp³-hybridized carbons (Fsp3) is 0.545. The van der Waals surface area contributed by atoms with Crippen LogP contribution in [-0.2, 0) is 23.6 Å². The van der Waals surface area contributed by atoms with E-state index >= 15 is 0 Å². The van der Waals surface area contributed by atoms with E-state index in [0.717, 1.165) is 18.5 Å². The normalized spacial score (nSPS) is 14.0. The summed E-state index contributed by atoms with van der Waals surface area (Å²) in [6.07, 6.45) is 2.28. The van der Waals surface area contributed by atoms with Crippen LogP contribution in [0.15, 0.2) is 23.2 Å². The summed E-state index contributed by atoms with van der Waals surface area (Å²) in [5.41, 5.74) is 2.37. The Kier molecular flexibility index (Phi) is 9.14. The summed E-state index contributed by atoms with van der Waals surface area (Å²) in [5.74, 6) is -0.540. The van der Waals surface area contributed by atoms with Gasteiger partial charge in [0.25, 0.3) is 10.0 Å². The van der Waals surface area contributed by atoms with Gasteiger partial charge in [0.15, 0.2) is 5.03 Å². The molecule has 1 aliphatic carbocycles. The number of urea groups is 1. The standard InChI is InChI=1S/C22H32FN5O3S.Na.H/c1-13(2)18-9-15(23)10-19(14(3)4)21(18)24-22(29)26-32(30,31)20-11-17(28(6)25-20)12-27(5)16-7-8-16;;/h9-11,13-14,16H,7-8,12H2,1-6H3,(H2,24,26,29);;/q;+1;-1. The number of carbonyl (C=O) groups is 1. The van der Waals surface area contributed by atoms with E-state index in [1.54, 1.807) is 7.05 Å². The zero-order valence-electron chi connectivity index (χ0n) is 21.4. The van der Waals surface area contributed by atoms with Crippen LogP contribution in [-0.4, -0.2) is 42.2 Å². The molecule has 8 nitrogen and oxygen atoms in total. The van der Waals surface area contributed by atoms with Gasteiger partial charge in [-0.3, -0.25) is 9.58 Å². The molecule has 3 rings (SSSR count). The molecule has 1 fully saturated rings. The Hall–Kier alpha value is -1.46. The van der Waals surface area contributed by atoms with Crippen molar-refractivity contribution in [2.75, 3.05) is 12.4 Å². The maximum absolute atomic E-state index is 14.1. The van der Waals surface area contributed by atoms with Gasteiger partial charge in [-0.05, 0) is 55.0 Å². The van der Waals surface area contributed by atoms with Gasteiger partial charge < -0.3 is 6.74 Å². The maximum Gasteiger partial charge on any atom is 1.00 e. The molecular weight excluding hydrogens is 456 g/mol. The van der Waals surface area contributed by atoms with Crippen LogP contribution in [0.1, 0.15) is 70.6 Å². The Balaban J connectivity index is 0.00000289. The predicted molar refractivity (Wildman–Crippen MR) is 123 cm³/mol. The minimum atomic E-state index is -4.18. The summed E-state index contributed by atoms with van der Waals surface area (Å²) in [6.45, 7) is 8.10. The van der Waals surface area contributed by atoms with Gasteiger partial charge in [0, 0.05) is 31.4 Å². The molecule has 33 heavy (non-hydrogen) atoms. The smallest absolute Gasteiger partial charge is 1.00 e. The van der Waals surface area contributed by atoms with Gasteiger partial charge in [0.1, 0.15) is 5.82 Å². The van der Waals surface area contributed by atoms with E-state index in [9.17, 15) is 17.6 Å². The van der Waals surface area contributed by atoms with Crippen LogP contribution in [0, 0.1) is 5.82 Å². The van der Waals surface area contributed by atoms with E-state index in [1.165, 1.54) is 22.9 Å². The Labute approximate surface area is 219 Å². The van der Waals surface area contributed by atoms with E-state index in [2.05, 4.69) is 15.3 Å². The molecule has 11 heteroatoms. The van der Waals surface area contributed by atoms with Crippen molar-refractivity contribution in [3.63, 3.8) is 0 Å². The third-order valence-electron chi connectivity index (χ3n) is 5.68. The quantitative estimate of drug-likeness (QED) is 0.540. The molecule has 0 spiro atoms. The molecule has 0 saturated heterocycles. The zero-order chi connectivity index (χ0) is 23.8. The Morgan fingerprint density at radius 1 is 1.21 bits per heavy atom. The monoisotopic (exact) mass is 489 g/mol. The predicted octanol–water partition coefficient (Wildman–Crippen LogP) is 1.03. The van der Waals surface area contributed by atoms with Gasteiger partial charge in [-0.2, -0.15) is 13.5 Å². The van der Waals surface area contributed by atoms with Gasteiger partial charge in [-0.15, -0.1) is 0 Å². The summed E-state index contributed by atoms with van der Waals surface area (Å²) < 4.78 is 43.3. The van der Waals surface area contributed by atoms with Crippen LogP contribution in [0.3, 0.4) is 0 Å². The van der Waals surface area contributed by atoms with Gasteiger partial charge in [0.2, 0.25) is 0 Å². The van der Waals surface area contributed by atoms with E-state index in [-0.39, 0.29) is 47.8 Å². The number of hydrogen-bond acceptors (Lipinski definition) is 5. The molecule has 0 atom stereocenters. The molecule has 0 aliphatic heterocycles. The van der Waals surface area contributed by atoms with Crippen LogP contribution >= 0.6 is 0 Å². The number of halogens is 1. The second kappa shape index (κ2) is 10.9. The molecule has 0 radical (unpaired) electrons. The van der Waals surface area contributed by atoms with Crippen LogP contribution in [0.4, 0.5) is 14.9 Å². The molecule has 1 aromatic heterocycles. The second-order valence-electron chi connectivity index (χ2n) is 9.07. The minimum absolute atomic E-state index is 0. The molecule has 1 saturated carbocycles. The van der Waals surface area contributed by atoms with E-state index in [4.69, 9.17) is 0 Å². The van der Waals surface area contributed by atoms with Crippen molar-refractivity contribution in [1.29, 1.82) is 0 Å². The van der Waals surface area contributed by atoms with Crippen LogP contribution in [0.25, 0.3) is 0 Å². The second-order valence-corrected chi connectivity index (χ2v) is 10.7. The Bertz CT molecular complexity index is 1090. The number of aryl methyl sites for hydroxylation is 1. The van der Waals surface area contributed by atoms with Crippen molar-refractivity contribution in [2.45, 2.75) is 70.0 Å². The van der Waals surface area contributed by atoms with Crippen molar-refractivity contribution < 1.29 is 48.6 Å². The van der Waals surface area contributed by atoms with Crippen molar-refractivity contribution in [3.05, 3.63) is 40.8 Å². The zero-order valence-corrected chi connectivity index (χ0v) is 23.3. The topological polar surface area (TPSA) is 96.3 Å². The third kappa shape index (κ3) is 6.79. The first kappa shape index (κ1) is 27.8. The molecule has 0 unspecified atom stereocenters. The average Bonchev–Trinajstić information content (AvgIpc) is 3.46. The Morgan fingerprint density at radius 2 is 1.76 bits per heavy atom. The van der Waals surface area contributed by atoms with Gasteiger partial charge in [-0.1, -0.05) is 27.7 Å². The number of anilines is 1. The first-order chi connectivity index (χ1) is 14.9. The van der Waals surface area contributed by atoms with Crippen LogP contribution in [0.5, 0.6) is 0 Å². The van der Waals surface area contributed by atoms with Crippen molar-refractivity contribution in [2.24, 2.45) is 7.05 Å². The molecule has 1 aromatic carbocycles. The number of rotatable bonds is 8. The number of amides is 2. The van der Waals surface area contributed by atoms with Crippen molar-refractivity contribution in [1.82, 2.24) is 19.4 Å². The van der Waals surface area contributed by atoms with E-state index in [1.807, 2.05) is 39.5 Å². The summed E-state index contributed by atoms with van der Waals surface area (Å²) in [5, 5.41) is 6.50. The van der Waals surface area contributed by atoms with Gasteiger partial charge >= 0.3 is 35.6 Å². The number of nitrogens with zero attached hydrogens (tertiary/aromatic N) is 3. The summed E-state index contributed by atoms with van der Waals surface area (Å²) in [6, 6.07) is 3.81. The van der Waals surface area contributed by atoms with Crippen LogP contribution in [0.2, 0.25) is 0 Å². The van der Waals surface area contributed by atoms with Crippen molar-refractivity contribution >= 4 is 21.7 Å². The fourth-order valence-electron chi connectivity index (χ4n) is 3.67. The molecule has 2 N–H and O–H groups in total. The first-order valence-corrected chi connectivity index (χ1v) is 12.3. The van der Waals surface area contributed by atoms with Gasteiger partial charge in [-0.25, -0.2) is 13.9 Å². The largest absolute Gasteiger partial charge is 1.00 e. The molecule has 1 aliphatic rings. The minimum Gasteiger partial charge on any atom is -1.00 e. The van der Waals surface area contributed by atoms with E-state index in [0.29, 0.717) is 29.4 Å². The number of hydrogen-bond donors (Lipinski definition) is 2. The number of nitrogens with one attached hydrogen (secondary N) is 2. The average molecular weight is 490 g/mol. The van der Waals surface area contributed by atoms with Crippen molar-refractivity contribution in [3.8, 4) is 0 Å².